The molecule has 0 N–H and O–H groups in total. The van der Waals surface area contributed by atoms with Crippen LogP contribution in [0.15, 0.2) is 54.7 Å². The van der Waals surface area contributed by atoms with Crippen LogP contribution in [-0.2, 0) is 9.53 Å². The fraction of sp³-hybridized carbons (Fsp3) is 0.190. The highest BCUT2D eigenvalue weighted by atomic mass is 35.5. The van der Waals surface area contributed by atoms with E-state index in [0.29, 0.717) is 16.3 Å². The summed E-state index contributed by atoms with van der Waals surface area (Å²) >= 11 is 6.08. The summed E-state index contributed by atoms with van der Waals surface area (Å²) in [7, 11) is 1.36. The molecule has 0 aliphatic carbocycles. The van der Waals surface area contributed by atoms with Crippen LogP contribution in [0.25, 0.3) is 5.69 Å². The first kappa shape index (κ1) is 18.3. The molecule has 28 heavy (non-hydrogen) atoms. The predicted molar refractivity (Wildman–Crippen MR) is 106 cm³/mol. The highest BCUT2D eigenvalue weighted by Gasteiger charge is 2.38. The number of esters is 1. The highest BCUT2D eigenvalue weighted by molar-refractivity contribution is 6.30. The minimum atomic E-state index is -0.492. The number of halogens is 1. The van der Waals surface area contributed by atoms with Gasteiger partial charge in [-0.2, -0.15) is 5.10 Å². The van der Waals surface area contributed by atoms with Gasteiger partial charge in [-0.1, -0.05) is 35.9 Å². The fourth-order valence-corrected chi connectivity index (χ4v) is 3.76. The molecule has 6 nitrogen and oxygen atoms in total. The quantitative estimate of drug-likeness (QED) is 0.633. The van der Waals surface area contributed by atoms with Crippen molar-refractivity contribution >= 4 is 29.2 Å². The lowest BCUT2D eigenvalue weighted by Gasteiger charge is -2.17. The maximum Gasteiger partial charge on any atom is 0.315 e. The van der Waals surface area contributed by atoms with Gasteiger partial charge in [0.1, 0.15) is 5.92 Å². The third kappa shape index (κ3) is 2.96. The van der Waals surface area contributed by atoms with Crippen molar-refractivity contribution in [2.75, 3.05) is 18.6 Å². The second-order valence-electron chi connectivity index (χ2n) is 6.59. The molecule has 0 bridgehead atoms. The Morgan fingerprint density at radius 1 is 1.18 bits per heavy atom. The summed E-state index contributed by atoms with van der Waals surface area (Å²) in [5, 5.41) is 4.96. The van der Waals surface area contributed by atoms with Crippen molar-refractivity contribution in [3.63, 3.8) is 0 Å². The monoisotopic (exact) mass is 395 g/mol. The van der Waals surface area contributed by atoms with E-state index in [1.165, 1.54) is 7.11 Å². The van der Waals surface area contributed by atoms with Crippen molar-refractivity contribution in [1.82, 2.24) is 9.78 Å². The third-order valence-electron chi connectivity index (χ3n) is 4.99. The number of para-hydroxylation sites is 1. The number of fused-ring (bicyclic) bond motifs is 1. The molecule has 1 amide bonds. The molecular weight excluding hydrogens is 378 g/mol. The predicted octanol–water partition coefficient (Wildman–Crippen LogP) is 3.75. The van der Waals surface area contributed by atoms with E-state index in [-0.39, 0.29) is 18.4 Å². The summed E-state index contributed by atoms with van der Waals surface area (Å²) in [4.78, 5) is 27.1. The summed E-state index contributed by atoms with van der Waals surface area (Å²) in [6.07, 6.45) is 1.55. The van der Waals surface area contributed by atoms with E-state index >= 15 is 0 Å². The maximum atomic E-state index is 13.3. The van der Waals surface area contributed by atoms with E-state index in [9.17, 15) is 9.59 Å². The SMILES string of the molecule is COC(=O)C1CN(C(=O)c2cnn(-c3cccc(Cl)c3)c2C)c2ccccc21. The van der Waals surface area contributed by atoms with E-state index in [4.69, 9.17) is 16.3 Å². The minimum Gasteiger partial charge on any atom is -0.468 e. The molecule has 1 aromatic heterocycles. The second-order valence-corrected chi connectivity index (χ2v) is 7.02. The normalized spacial score (nSPS) is 15.4. The minimum absolute atomic E-state index is 0.204. The van der Waals surface area contributed by atoms with Crippen LogP contribution < -0.4 is 4.90 Å². The van der Waals surface area contributed by atoms with Gasteiger partial charge in [-0.25, -0.2) is 4.68 Å². The number of aromatic nitrogens is 2. The molecule has 3 aromatic rings. The van der Waals surface area contributed by atoms with Crippen LogP contribution in [0.4, 0.5) is 5.69 Å². The molecule has 0 fully saturated rings. The molecule has 2 heterocycles. The van der Waals surface area contributed by atoms with Crippen molar-refractivity contribution in [2.45, 2.75) is 12.8 Å². The number of carbonyl (C=O) groups is 2. The number of rotatable bonds is 3. The molecule has 1 aliphatic rings. The van der Waals surface area contributed by atoms with Crippen LogP contribution in [0.5, 0.6) is 0 Å². The molecular formula is C21H18ClN3O3. The lowest BCUT2D eigenvalue weighted by atomic mass is 10.0. The third-order valence-corrected chi connectivity index (χ3v) is 5.23. The van der Waals surface area contributed by atoms with Gasteiger partial charge < -0.3 is 9.64 Å². The van der Waals surface area contributed by atoms with Crippen LogP contribution in [0.1, 0.15) is 27.5 Å². The highest BCUT2D eigenvalue weighted by Crippen LogP contribution is 2.38. The maximum absolute atomic E-state index is 13.3. The Labute approximate surface area is 167 Å². The van der Waals surface area contributed by atoms with E-state index < -0.39 is 5.92 Å². The van der Waals surface area contributed by atoms with Gasteiger partial charge in [0, 0.05) is 17.3 Å². The number of nitrogens with zero attached hydrogens (tertiary/aromatic N) is 3. The van der Waals surface area contributed by atoms with Gasteiger partial charge in [0.05, 0.1) is 30.3 Å². The van der Waals surface area contributed by atoms with Gasteiger partial charge in [-0.3, -0.25) is 9.59 Å². The molecule has 0 saturated heterocycles. The van der Waals surface area contributed by atoms with E-state index in [0.717, 1.165) is 16.9 Å². The van der Waals surface area contributed by atoms with Gasteiger partial charge in [0.15, 0.2) is 0 Å². The number of anilines is 1. The van der Waals surface area contributed by atoms with Crippen LogP contribution in [-0.4, -0.2) is 35.3 Å². The number of benzene rings is 2. The molecule has 1 atom stereocenters. The summed E-state index contributed by atoms with van der Waals surface area (Å²) < 4.78 is 6.60. The van der Waals surface area contributed by atoms with Gasteiger partial charge in [-0.15, -0.1) is 0 Å². The first-order chi connectivity index (χ1) is 13.5. The number of methoxy groups -OCH3 is 1. The molecule has 7 heteroatoms. The van der Waals surface area contributed by atoms with E-state index in [2.05, 4.69) is 5.10 Å². The standard InChI is InChI=1S/C21H18ClN3O3/c1-13-17(11-23-25(13)15-7-5-6-14(22)10-15)20(26)24-12-18(21(27)28-2)16-8-3-4-9-19(16)24/h3-11,18H,12H2,1-2H3. The van der Waals surface area contributed by atoms with Crippen molar-refractivity contribution in [3.05, 3.63) is 76.6 Å². The number of hydrogen-bond donors (Lipinski definition) is 0. The number of amides is 1. The van der Waals surface area contributed by atoms with Gasteiger partial charge in [0.25, 0.3) is 5.91 Å². The first-order valence-corrected chi connectivity index (χ1v) is 9.18. The zero-order chi connectivity index (χ0) is 19.8. The Bertz CT molecular complexity index is 1080. The van der Waals surface area contributed by atoms with Crippen molar-refractivity contribution in [3.8, 4) is 5.69 Å². The molecule has 1 unspecified atom stereocenters. The second kappa shape index (κ2) is 7.13. The number of ether oxygens (including phenoxy) is 1. The summed E-state index contributed by atoms with van der Waals surface area (Å²) in [6, 6.07) is 14.7. The molecule has 0 saturated carbocycles. The van der Waals surface area contributed by atoms with Crippen molar-refractivity contribution in [1.29, 1.82) is 0 Å². The number of hydrogen-bond acceptors (Lipinski definition) is 4. The first-order valence-electron chi connectivity index (χ1n) is 8.80. The van der Waals surface area contributed by atoms with Crippen LogP contribution in [0.2, 0.25) is 5.02 Å². The van der Waals surface area contributed by atoms with Gasteiger partial charge >= 0.3 is 5.97 Å². The van der Waals surface area contributed by atoms with E-state index in [1.807, 2.05) is 43.3 Å². The van der Waals surface area contributed by atoms with E-state index in [1.54, 1.807) is 27.9 Å². The lowest BCUT2D eigenvalue weighted by Crippen LogP contribution is -2.31. The lowest BCUT2D eigenvalue weighted by molar-refractivity contribution is -0.141. The van der Waals surface area contributed by atoms with Crippen molar-refractivity contribution in [2.24, 2.45) is 0 Å². The van der Waals surface area contributed by atoms with Gasteiger partial charge in [-0.05, 0) is 36.8 Å². The smallest absolute Gasteiger partial charge is 0.315 e. The summed E-state index contributed by atoms with van der Waals surface area (Å²) in [5.41, 5.74) is 3.46. The Kier molecular flexibility index (Phi) is 4.65. The Morgan fingerprint density at radius 3 is 2.71 bits per heavy atom. The molecule has 0 spiro atoms. The largest absolute Gasteiger partial charge is 0.468 e. The molecule has 1 aliphatic heterocycles. The zero-order valence-corrected chi connectivity index (χ0v) is 16.2. The summed E-state index contributed by atoms with van der Waals surface area (Å²) in [6.45, 7) is 2.08. The molecule has 4 rings (SSSR count). The van der Waals surface area contributed by atoms with Crippen LogP contribution in [0.3, 0.4) is 0 Å². The Morgan fingerprint density at radius 2 is 1.96 bits per heavy atom. The fourth-order valence-electron chi connectivity index (χ4n) is 3.58. The average Bonchev–Trinajstić information content (AvgIpc) is 3.28. The molecule has 2 aromatic carbocycles. The Hall–Kier alpha value is -3.12. The Balaban J connectivity index is 1.70. The number of carbonyl (C=O) groups excluding carboxylic acids is 2. The van der Waals surface area contributed by atoms with Crippen LogP contribution in [0, 0.1) is 6.92 Å². The van der Waals surface area contributed by atoms with Crippen molar-refractivity contribution < 1.29 is 14.3 Å². The topological polar surface area (TPSA) is 64.4 Å². The molecule has 0 radical (unpaired) electrons. The average molecular weight is 396 g/mol. The molecule has 142 valence electrons. The van der Waals surface area contributed by atoms with Crippen LogP contribution >= 0.6 is 11.6 Å². The summed E-state index contributed by atoms with van der Waals surface area (Å²) in [5.74, 6) is -1.05. The van der Waals surface area contributed by atoms with Gasteiger partial charge in [0.2, 0.25) is 0 Å². The zero-order valence-electron chi connectivity index (χ0n) is 15.4.